The second kappa shape index (κ2) is 5.53. The normalized spacial score (nSPS) is 10.9. The molecule has 0 bridgehead atoms. The van der Waals surface area contributed by atoms with E-state index in [-0.39, 0.29) is 12.4 Å². The molecule has 0 aromatic carbocycles. The number of aliphatic hydroxyl groups is 1. The molecule has 0 spiro atoms. The second-order valence-electron chi connectivity index (χ2n) is 3.17. The van der Waals surface area contributed by atoms with Gasteiger partial charge in [0, 0.05) is 18.7 Å². The van der Waals surface area contributed by atoms with Crippen molar-refractivity contribution in [1.29, 1.82) is 0 Å². The summed E-state index contributed by atoms with van der Waals surface area (Å²) in [7, 11) is 0. The van der Waals surface area contributed by atoms with Crippen molar-refractivity contribution in [1.82, 2.24) is 4.90 Å². The Kier molecular flexibility index (Phi) is 4.33. The van der Waals surface area contributed by atoms with E-state index in [2.05, 4.69) is 0 Å². The number of aromatic carboxylic acids is 1. The van der Waals surface area contributed by atoms with Gasteiger partial charge in [-0.2, -0.15) is 0 Å². The van der Waals surface area contributed by atoms with Crippen LogP contribution < -0.4 is 0 Å². The van der Waals surface area contributed by atoms with Gasteiger partial charge < -0.3 is 14.6 Å². The minimum absolute atomic E-state index is 0.0219. The summed E-state index contributed by atoms with van der Waals surface area (Å²) in [6.45, 7) is 3.78. The second-order valence-corrected chi connectivity index (χ2v) is 3.17. The van der Waals surface area contributed by atoms with E-state index in [1.54, 1.807) is 6.07 Å². The number of hydrogen-bond donors (Lipinski definition) is 2. The van der Waals surface area contributed by atoms with Crippen LogP contribution in [-0.4, -0.2) is 40.8 Å². The molecule has 15 heavy (non-hydrogen) atoms. The molecule has 1 aromatic rings. The third-order valence-electron chi connectivity index (χ3n) is 2.20. The van der Waals surface area contributed by atoms with Gasteiger partial charge >= 0.3 is 5.97 Å². The number of rotatable bonds is 6. The number of nitrogens with zero attached hydrogens (tertiary/aromatic N) is 1. The lowest BCUT2D eigenvalue weighted by Gasteiger charge is -2.18. The standard InChI is InChI=1S/C10H15NO4/c1-2-11(4-5-12)7-8-3-6-15-9(8)10(13)14/h3,6,12H,2,4-5,7H2,1H3,(H,13,14). The first-order valence-electron chi connectivity index (χ1n) is 4.82. The minimum Gasteiger partial charge on any atom is -0.475 e. The number of hydrogen-bond acceptors (Lipinski definition) is 4. The monoisotopic (exact) mass is 213 g/mol. The molecule has 0 fully saturated rings. The SMILES string of the molecule is CCN(CCO)Cc1ccoc1C(=O)O. The highest BCUT2D eigenvalue weighted by Crippen LogP contribution is 2.13. The van der Waals surface area contributed by atoms with Crippen LogP contribution in [0.25, 0.3) is 0 Å². The molecule has 0 saturated carbocycles. The fourth-order valence-electron chi connectivity index (χ4n) is 1.38. The quantitative estimate of drug-likeness (QED) is 0.730. The first kappa shape index (κ1) is 11.7. The Bertz CT molecular complexity index is 321. The van der Waals surface area contributed by atoms with Crippen LogP contribution in [0.15, 0.2) is 16.7 Å². The number of carbonyl (C=O) groups is 1. The highest BCUT2D eigenvalue weighted by molar-refractivity contribution is 5.86. The molecule has 84 valence electrons. The van der Waals surface area contributed by atoms with E-state index in [0.29, 0.717) is 18.7 Å². The summed E-state index contributed by atoms with van der Waals surface area (Å²) in [5.74, 6) is -1.08. The number of likely N-dealkylation sites (N-methyl/N-ethyl adjacent to an activating group) is 1. The average molecular weight is 213 g/mol. The van der Waals surface area contributed by atoms with Gasteiger partial charge in [0.1, 0.15) is 0 Å². The van der Waals surface area contributed by atoms with Crippen LogP contribution in [0, 0.1) is 0 Å². The summed E-state index contributed by atoms with van der Waals surface area (Å²) >= 11 is 0. The van der Waals surface area contributed by atoms with Gasteiger partial charge in [0.05, 0.1) is 12.9 Å². The number of furan rings is 1. The molecule has 5 nitrogen and oxygen atoms in total. The van der Waals surface area contributed by atoms with Gasteiger partial charge in [0.15, 0.2) is 0 Å². The summed E-state index contributed by atoms with van der Waals surface area (Å²) in [5, 5.41) is 17.6. The van der Waals surface area contributed by atoms with E-state index in [9.17, 15) is 4.79 Å². The number of carboxylic acid groups (broad SMARTS) is 1. The molecular weight excluding hydrogens is 198 g/mol. The first-order valence-corrected chi connectivity index (χ1v) is 4.82. The van der Waals surface area contributed by atoms with Gasteiger partial charge in [-0.15, -0.1) is 0 Å². The molecule has 0 atom stereocenters. The van der Waals surface area contributed by atoms with Crippen LogP contribution >= 0.6 is 0 Å². The zero-order valence-corrected chi connectivity index (χ0v) is 8.64. The van der Waals surface area contributed by atoms with Gasteiger partial charge in [-0.3, -0.25) is 4.90 Å². The average Bonchev–Trinajstić information content (AvgIpc) is 2.65. The smallest absolute Gasteiger partial charge is 0.372 e. The van der Waals surface area contributed by atoms with Gasteiger partial charge in [-0.1, -0.05) is 6.92 Å². The van der Waals surface area contributed by atoms with E-state index in [0.717, 1.165) is 6.54 Å². The van der Waals surface area contributed by atoms with Crippen LogP contribution in [0.5, 0.6) is 0 Å². The molecule has 1 aromatic heterocycles. The van der Waals surface area contributed by atoms with Gasteiger partial charge in [-0.05, 0) is 12.6 Å². The fraction of sp³-hybridized carbons (Fsp3) is 0.500. The highest BCUT2D eigenvalue weighted by Gasteiger charge is 2.15. The molecular formula is C10H15NO4. The molecule has 0 amide bonds. The maximum Gasteiger partial charge on any atom is 0.372 e. The molecule has 1 heterocycles. The molecule has 0 aliphatic heterocycles. The van der Waals surface area contributed by atoms with Gasteiger partial charge in [0.25, 0.3) is 0 Å². The Hall–Kier alpha value is -1.33. The van der Waals surface area contributed by atoms with E-state index in [1.165, 1.54) is 6.26 Å². The van der Waals surface area contributed by atoms with Crippen LogP contribution in [0.3, 0.4) is 0 Å². The predicted molar refractivity (Wildman–Crippen MR) is 53.7 cm³/mol. The van der Waals surface area contributed by atoms with Crippen molar-refractivity contribution in [3.63, 3.8) is 0 Å². The molecule has 0 radical (unpaired) electrons. The molecule has 0 unspecified atom stereocenters. The van der Waals surface area contributed by atoms with E-state index >= 15 is 0 Å². The summed E-state index contributed by atoms with van der Waals surface area (Å²) in [5.41, 5.74) is 0.637. The van der Waals surface area contributed by atoms with Gasteiger partial charge in [-0.25, -0.2) is 4.79 Å². The maximum atomic E-state index is 10.7. The maximum absolute atomic E-state index is 10.7. The Labute approximate surface area is 87.9 Å². The van der Waals surface area contributed by atoms with E-state index in [4.69, 9.17) is 14.6 Å². The predicted octanol–water partition coefficient (Wildman–Crippen LogP) is 0.792. The Morgan fingerprint density at radius 3 is 2.87 bits per heavy atom. The zero-order valence-electron chi connectivity index (χ0n) is 8.64. The number of carboxylic acids is 1. The largest absolute Gasteiger partial charge is 0.475 e. The van der Waals surface area contributed by atoms with Crippen molar-refractivity contribution in [2.75, 3.05) is 19.7 Å². The summed E-state index contributed by atoms with van der Waals surface area (Å²) in [4.78, 5) is 12.7. The van der Waals surface area contributed by atoms with E-state index < -0.39 is 5.97 Å². The molecule has 0 aliphatic carbocycles. The van der Waals surface area contributed by atoms with Crippen LogP contribution in [-0.2, 0) is 6.54 Å². The third kappa shape index (κ3) is 3.07. The number of aliphatic hydroxyl groups excluding tert-OH is 1. The lowest BCUT2D eigenvalue weighted by molar-refractivity contribution is 0.0659. The highest BCUT2D eigenvalue weighted by atomic mass is 16.4. The van der Waals surface area contributed by atoms with Crippen LogP contribution in [0.4, 0.5) is 0 Å². The molecule has 5 heteroatoms. The lowest BCUT2D eigenvalue weighted by atomic mass is 10.2. The Morgan fingerprint density at radius 1 is 1.60 bits per heavy atom. The Morgan fingerprint density at radius 2 is 2.33 bits per heavy atom. The molecule has 2 N–H and O–H groups in total. The van der Waals surface area contributed by atoms with Crippen molar-refractivity contribution in [3.05, 3.63) is 23.7 Å². The van der Waals surface area contributed by atoms with Crippen molar-refractivity contribution < 1.29 is 19.4 Å². The van der Waals surface area contributed by atoms with Crippen molar-refractivity contribution in [2.45, 2.75) is 13.5 Å². The molecule has 0 saturated heterocycles. The summed E-state index contributed by atoms with van der Waals surface area (Å²) in [6.07, 6.45) is 1.37. The zero-order chi connectivity index (χ0) is 11.3. The molecule has 0 aliphatic rings. The fourth-order valence-corrected chi connectivity index (χ4v) is 1.38. The van der Waals surface area contributed by atoms with E-state index in [1.807, 2.05) is 11.8 Å². The summed E-state index contributed by atoms with van der Waals surface area (Å²) < 4.78 is 4.86. The first-order chi connectivity index (χ1) is 7.19. The Balaban J connectivity index is 2.70. The topological polar surface area (TPSA) is 73.9 Å². The van der Waals surface area contributed by atoms with Crippen LogP contribution in [0.1, 0.15) is 23.0 Å². The van der Waals surface area contributed by atoms with Crippen molar-refractivity contribution >= 4 is 5.97 Å². The summed E-state index contributed by atoms with van der Waals surface area (Å²) in [6, 6.07) is 1.64. The lowest BCUT2D eigenvalue weighted by Crippen LogP contribution is -2.26. The molecule has 1 rings (SSSR count). The minimum atomic E-state index is -1.06. The van der Waals surface area contributed by atoms with Gasteiger partial charge in [0.2, 0.25) is 5.76 Å². The van der Waals surface area contributed by atoms with Crippen molar-refractivity contribution in [3.8, 4) is 0 Å². The van der Waals surface area contributed by atoms with Crippen molar-refractivity contribution in [2.24, 2.45) is 0 Å². The van der Waals surface area contributed by atoms with Crippen LogP contribution in [0.2, 0.25) is 0 Å². The third-order valence-corrected chi connectivity index (χ3v) is 2.20.